The summed E-state index contributed by atoms with van der Waals surface area (Å²) in [5.41, 5.74) is 0. The predicted molar refractivity (Wildman–Crippen MR) is 64.7 cm³/mol. The molecule has 1 heterocycles. The zero-order valence-electron chi connectivity index (χ0n) is 11.0. The summed E-state index contributed by atoms with van der Waals surface area (Å²) in [6.45, 7) is 7.92. The van der Waals surface area contributed by atoms with Gasteiger partial charge in [-0.3, -0.25) is 4.79 Å². The van der Waals surface area contributed by atoms with Crippen molar-refractivity contribution in [3.05, 3.63) is 0 Å². The van der Waals surface area contributed by atoms with Gasteiger partial charge in [-0.05, 0) is 39.5 Å². The summed E-state index contributed by atoms with van der Waals surface area (Å²) < 4.78 is 11.1. The molecule has 3 atom stereocenters. The molecular formula is C13H23NO3. The summed E-state index contributed by atoms with van der Waals surface area (Å²) in [5.74, 6) is 0.804. The van der Waals surface area contributed by atoms with Crippen LogP contribution in [0.2, 0.25) is 0 Å². The Bertz CT molecular complexity index is 268. The molecule has 1 aliphatic heterocycles. The van der Waals surface area contributed by atoms with Crippen molar-refractivity contribution >= 4 is 5.91 Å². The Hall–Kier alpha value is -0.610. The Morgan fingerprint density at radius 1 is 1.35 bits per heavy atom. The fraction of sp³-hybridized carbons (Fsp3) is 0.923. The summed E-state index contributed by atoms with van der Waals surface area (Å²) in [6.07, 6.45) is 2.19. The molecule has 1 saturated heterocycles. The zero-order chi connectivity index (χ0) is 12.4. The molecule has 2 fully saturated rings. The molecule has 0 bridgehead atoms. The van der Waals surface area contributed by atoms with Crippen LogP contribution in [0, 0.1) is 5.92 Å². The van der Waals surface area contributed by atoms with Crippen LogP contribution < -0.4 is 0 Å². The second-order valence-corrected chi connectivity index (χ2v) is 5.40. The summed E-state index contributed by atoms with van der Waals surface area (Å²) in [6, 6.07) is 0.302. The molecule has 1 amide bonds. The van der Waals surface area contributed by atoms with Crippen LogP contribution in [0.15, 0.2) is 0 Å². The van der Waals surface area contributed by atoms with E-state index in [-0.39, 0.29) is 24.1 Å². The van der Waals surface area contributed by atoms with Crippen LogP contribution in [0.3, 0.4) is 0 Å². The number of hydrogen-bond acceptors (Lipinski definition) is 3. The molecule has 1 aliphatic carbocycles. The number of nitrogens with zero attached hydrogens (tertiary/aromatic N) is 1. The first-order valence-corrected chi connectivity index (χ1v) is 6.61. The van der Waals surface area contributed by atoms with Gasteiger partial charge in [0.15, 0.2) is 0 Å². The van der Waals surface area contributed by atoms with Crippen LogP contribution in [0.1, 0.15) is 33.6 Å². The third-order valence-electron chi connectivity index (χ3n) is 3.55. The van der Waals surface area contributed by atoms with Gasteiger partial charge in [-0.2, -0.15) is 0 Å². The average Bonchev–Trinajstić information content (AvgIpc) is 3.09. The van der Waals surface area contributed by atoms with E-state index in [4.69, 9.17) is 9.47 Å². The highest BCUT2D eigenvalue weighted by molar-refractivity contribution is 5.81. The highest BCUT2D eigenvalue weighted by Crippen LogP contribution is 2.29. The van der Waals surface area contributed by atoms with Gasteiger partial charge in [-0.15, -0.1) is 0 Å². The molecule has 0 spiro atoms. The van der Waals surface area contributed by atoms with E-state index in [1.54, 1.807) is 0 Å². The lowest BCUT2D eigenvalue weighted by atomic mass is 10.1. The van der Waals surface area contributed by atoms with Crippen LogP contribution in [-0.2, 0) is 14.3 Å². The van der Waals surface area contributed by atoms with Crippen molar-refractivity contribution in [1.82, 2.24) is 4.90 Å². The van der Waals surface area contributed by atoms with Gasteiger partial charge in [0.25, 0.3) is 5.91 Å². The lowest BCUT2D eigenvalue weighted by Gasteiger charge is -2.40. The summed E-state index contributed by atoms with van der Waals surface area (Å²) in [5, 5.41) is 0. The normalized spacial score (nSPS) is 31.4. The molecule has 17 heavy (non-hydrogen) atoms. The summed E-state index contributed by atoms with van der Waals surface area (Å²) in [7, 11) is 0. The van der Waals surface area contributed by atoms with Crippen LogP contribution in [0.5, 0.6) is 0 Å². The second kappa shape index (κ2) is 5.36. The zero-order valence-corrected chi connectivity index (χ0v) is 11.0. The molecule has 0 aromatic rings. The van der Waals surface area contributed by atoms with Gasteiger partial charge < -0.3 is 14.4 Å². The van der Waals surface area contributed by atoms with Crippen LogP contribution in [-0.4, -0.2) is 48.8 Å². The molecular weight excluding hydrogens is 218 g/mol. The van der Waals surface area contributed by atoms with Crippen molar-refractivity contribution in [2.24, 2.45) is 5.92 Å². The summed E-state index contributed by atoms with van der Waals surface area (Å²) in [4.78, 5) is 14.2. The SMILES string of the molecule is C[C@H](OCC1CC1)C(=O)N1[C@H](C)COC[C@@H]1C. The van der Waals surface area contributed by atoms with Crippen molar-refractivity contribution in [1.29, 1.82) is 0 Å². The Labute approximate surface area is 103 Å². The minimum atomic E-state index is -0.321. The van der Waals surface area contributed by atoms with E-state index in [0.717, 1.165) is 6.61 Å². The van der Waals surface area contributed by atoms with E-state index in [1.807, 2.05) is 25.7 Å². The van der Waals surface area contributed by atoms with Crippen LogP contribution in [0.25, 0.3) is 0 Å². The standard InChI is InChI=1S/C13H23NO3/c1-9-6-16-7-10(2)14(9)13(15)11(3)17-8-12-4-5-12/h9-12H,4-8H2,1-3H3/t9-,10+,11-/m0/s1. The van der Waals surface area contributed by atoms with Gasteiger partial charge in [0.05, 0.1) is 31.9 Å². The Kier molecular flexibility index (Phi) is 4.05. The minimum Gasteiger partial charge on any atom is -0.377 e. The molecule has 4 nitrogen and oxygen atoms in total. The number of carbonyl (C=O) groups is 1. The number of amides is 1. The van der Waals surface area contributed by atoms with Crippen LogP contribution >= 0.6 is 0 Å². The van der Waals surface area contributed by atoms with E-state index >= 15 is 0 Å². The number of hydrogen-bond donors (Lipinski definition) is 0. The topological polar surface area (TPSA) is 38.8 Å². The number of morpholine rings is 1. The molecule has 4 heteroatoms. The smallest absolute Gasteiger partial charge is 0.252 e. The predicted octanol–water partition coefficient (Wildman–Crippen LogP) is 1.44. The molecule has 2 aliphatic rings. The van der Waals surface area contributed by atoms with Gasteiger partial charge in [0.2, 0.25) is 0 Å². The summed E-state index contributed by atoms with van der Waals surface area (Å²) >= 11 is 0. The molecule has 0 radical (unpaired) electrons. The first-order chi connectivity index (χ1) is 8.09. The number of carbonyl (C=O) groups excluding carboxylic acids is 1. The Morgan fingerprint density at radius 2 is 1.94 bits per heavy atom. The van der Waals surface area contributed by atoms with E-state index in [0.29, 0.717) is 19.1 Å². The number of rotatable bonds is 4. The molecule has 0 aromatic heterocycles. The lowest BCUT2D eigenvalue weighted by Crippen LogP contribution is -2.55. The largest absolute Gasteiger partial charge is 0.377 e. The molecule has 0 aromatic carbocycles. The van der Waals surface area contributed by atoms with Gasteiger partial charge >= 0.3 is 0 Å². The Balaban J connectivity index is 1.86. The third-order valence-corrected chi connectivity index (χ3v) is 3.55. The van der Waals surface area contributed by atoms with Gasteiger partial charge in [-0.25, -0.2) is 0 Å². The first kappa shape index (κ1) is 12.8. The van der Waals surface area contributed by atoms with Gasteiger partial charge in [-0.1, -0.05) is 0 Å². The average molecular weight is 241 g/mol. The van der Waals surface area contributed by atoms with Crippen LogP contribution in [0.4, 0.5) is 0 Å². The monoisotopic (exact) mass is 241 g/mol. The van der Waals surface area contributed by atoms with E-state index < -0.39 is 0 Å². The van der Waals surface area contributed by atoms with Crippen molar-refractivity contribution in [2.75, 3.05) is 19.8 Å². The molecule has 98 valence electrons. The highest BCUT2D eigenvalue weighted by Gasteiger charge is 2.33. The van der Waals surface area contributed by atoms with Crippen molar-refractivity contribution in [2.45, 2.75) is 51.8 Å². The maximum absolute atomic E-state index is 12.3. The molecule has 0 N–H and O–H groups in total. The minimum absolute atomic E-state index is 0.106. The third kappa shape index (κ3) is 3.19. The Morgan fingerprint density at radius 3 is 2.47 bits per heavy atom. The van der Waals surface area contributed by atoms with Gasteiger partial charge in [0, 0.05) is 0 Å². The lowest BCUT2D eigenvalue weighted by molar-refractivity contribution is -0.155. The quantitative estimate of drug-likeness (QED) is 0.747. The van der Waals surface area contributed by atoms with E-state index in [1.165, 1.54) is 12.8 Å². The number of ether oxygens (including phenoxy) is 2. The maximum atomic E-state index is 12.3. The highest BCUT2D eigenvalue weighted by atomic mass is 16.5. The second-order valence-electron chi connectivity index (χ2n) is 5.40. The van der Waals surface area contributed by atoms with Crippen molar-refractivity contribution in [3.63, 3.8) is 0 Å². The van der Waals surface area contributed by atoms with E-state index in [2.05, 4.69) is 0 Å². The fourth-order valence-corrected chi connectivity index (χ4v) is 2.28. The maximum Gasteiger partial charge on any atom is 0.252 e. The first-order valence-electron chi connectivity index (χ1n) is 6.61. The van der Waals surface area contributed by atoms with Gasteiger partial charge in [0.1, 0.15) is 6.10 Å². The fourth-order valence-electron chi connectivity index (χ4n) is 2.28. The molecule has 2 rings (SSSR count). The van der Waals surface area contributed by atoms with Crippen molar-refractivity contribution < 1.29 is 14.3 Å². The molecule has 1 saturated carbocycles. The molecule has 0 unspecified atom stereocenters. The van der Waals surface area contributed by atoms with Crippen molar-refractivity contribution in [3.8, 4) is 0 Å². The van der Waals surface area contributed by atoms with E-state index in [9.17, 15) is 4.79 Å².